The van der Waals surface area contributed by atoms with Crippen molar-refractivity contribution in [3.63, 3.8) is 0 Å². The summed E-state index contributed by atoms with van der Waals surface area (Å²) in [5, 5.41) is 5.26. The minimum atomic E-state index is -0.0793. The highest BCUT2D eigenvalue weighted by Crippen LogP contribution is 2.39. The van der Waals surface area contributed by atoms with Crippen LogP contribution in [0.1, 0.15) is 27.6 Å². The molecule has 0 aliphatic carbocycles. The number of thiophene rings is 1. The average Bonchev–Trinajstić information content (AvgIpc) is 3.15. The highest BCUT2D eigenvalue weighted by Gasteiger charge is 2.22. The maximum atomic E-state index is 12.8. The summed E-state index contributed by atoms with van der Waals surface area (Å²) in [6.07, 6.45) is 1.85. The number of aromatic nitrogens is 2. The van der Waals surface area contributed by atoms with E-state index in [1.54, 1.807) is 36.1 Å². The first-order valence-corrected chi connectivity index (χ1v) is 9.81. The van der Waals surface area contributed by atoms with Gasteiger partial charge in [-0.2, -0.15) is 5.10 Å². The van der Waals surface area contributed by atoms with Crippen LogP contribution in [0.5, 0.6) is 0 Å². The van der Waals surface area contributed by atoms with Gasteiger partial charge in [-0.3, -0.25) is 9.48 Å². The van der Waals surface area contributed by atoms with Crippen LogP contribution in [0.25, 0.3) is 11.3 Å². The predicted molar refractivity (Wildman–Crippen MR) is 109 cm³/mol. The molecule has 0 aliphatic heterocycles. The lowest BCUT2D eigenvalue weighted by molar-refractivity contribution is 0.0978. The third kappa shape index (κ3) is 3.97. The monoisotopic (exact) mass is 427 g/mol. The number of carbonyl (C=O) groups is 1. The summed E-state index contributed by atoms with van der Waals surface area (Å²) in [6, 6.07) is 9.17. The van der Waals surface area contributed by atoms with Gasteiger partial charge in [-0.1, -0.05) is 46.9 Å². The summed E-state index contributed by atoms with van der Waals surface area (Å²) >= 11 is 19.7. The molecule has 2 N–H and O–H groups in total. The Hall–Kier alpha value is -1.37. The Kier molecular flexibility index (Phi) is 6.05. The molecule has 8 heteroatoms. The van der Waals surface area contributed by atoms with E-state index in [2.05, 4.69) is 5.10 Å². The molecule has 4 nitrogen and oxygen atoms in total. The van der Waals surface area contributed by atoms with Crippen molar-refractivity contribution in [3.05, 3.63) is 61.4 Å². The molecule has 26 heavy (non-hydrogen) atoms. The molecule has 0 bridgehead atoms. The molecular weight excluding hydrogens is 413 g/mol. The van der Waals surface area contributed by atoms with Crippen LogP contribution in [0.2, 0.25) is 14.4 Å². The van der Waals surface area contributed by atoms with Crippen LogP contribution < -0.4 is 5.73 Å². The number of hydrogen-bond acceptors (Lipinski definition) is 4. The lowest BCUT2D eigenvalue weighted by atomic mass is 9.93. The van der Waals surface area contributed by atoms with Crippen molar-refractivity contribution in [1.82, 2.24) is 9.78 Å². The van der Waals surface area contributed by atoms with E-state index in [0.29, 0.717) is 43.5 Å². The normalized spacial score (nSPS) is 12.3. The van der Waals surface area contributed by atoms with Gasteiger partial charge in [-0.05, 0) is 30.3 Å². The van der Waals surface area contributed by atoms with Crippen molar-refractivity contribution >= 4 is 51.9 Å². The first-order valence-electron chi connectivity index (χ1n) is 7.86. The Morgan fingerprint density at radius 3 is 2.54 bits per heavy atom. The summed E-state index contributed by atoms with van der Waals surface area (Å²) in [7, 11) is 1.78. The Morgan fingerprint density at radius 1 is 1.27 bits per heavy atom. The zero-order valence-electron chi connectivity index (χ0n) is 13.9. The number of rotatable bonds is 6. The van der Waals surface area contributed by atoms with E-state index in [-0.39, 0.29) is 11.7 Å². The van der Waals surface area contributed by atoms with E-state index in [9.17, 15) is 4.79 Å². The van der Waals surface area contributed by atoms with Crippen LogP contribution >= 0.6 is 46.1 Å². The molecular formula is C18H16Cl3N3OS. The molecule has 0 fully saturated rings. The largest absolute Gasteiger partial charge is 0.330 e. The number of halogens is 3. The Morgan fingerprint density at radius 2 is 1.96 bits per heavy atom. The Balaban J connectivity index is 1.84. The SMILES string of the molecule is Cn1ncc(Cl)c1-c1cc(C(=O)CC(CN)c2ccc(Cl)cc2)sc1Cl. The van der Waals surface area contributed by atoms with Gasteiger partial charge in [0.1, 0.15) is 4.34 Å². The molecule has 1 aromatic carbocycles. The minimum absolute atomic E-state index is 0.00755. The first-order chi connectivity index (χ1) is 12.4. The molecule has 2 heterocycles. The second-order valence-electron chi connectivity index (χ2n) is 5.87. The molecule has 0 saturated heterocycles. The van der Waals surface area contributed by atoms with Gasteiger partial charge in [0.25, 0.3) is 0 Å². The molecule has 136 valence electrons. The van der Waals surface area contributed by atoms with Gasteiger partial charge in [0.15, 0.2) is 5.78 Å². The van der Waals surface area contributed by atoms with Gasteiger partial charge in [-0.25, -0.2) is 0 Å². The minimum Gasteiger partial charge on any atom is -0.330 e. The van der Waals surface area contributed by atoms with Crippen molar-refractivity contribution in [2.75, 3.05) is 6.54 Å². The lowest BCUT2D eigenvalue weighted by Gasteiger charge is -2.14. The number of benzene rings is 1. The molecule has 3 rings (SSSR count). The van der Waals surface area contributed by atoms with Gasteiger partial charge >= 0.3 is 0 Å². The zero-order chi connectivity index (χ0) is 18.8. The number of carbonyl (C=O) groups excluding carboxylic acids is 1. The highest BCUT2D eigenvalue weighted by atomic mass is 35.5. The number of nitrogens with two attached hydrogens (primary N) is 1. The van der Waals surface area contributed by atoms with Gasteiger partial charge in [-0.15, -0.1) is 11.3 Å². The maximum Gasteiger partial charge on any atom is 0.173 e. The zero-order valence-corrected chi connectivity index (χ0v) is 17.0. The topological polar surface area (TPSA) is 60.9 Å². The molecule has 0 spiro atoms. The van der Waals surface area contributed by atoms with Gasteiger partial charge in [0.05, 0.1) is 21.8 Å². The fourth-order valence-electron chi connectivity index (χ4n) is 2.78. The van der Waals surface area contributed by atoms with Gasteiger partial charge in [0.2, 0.25) is 0 Å². The Labute approximate surface area is 170 Å². The third-order valence-electron chi connectivity index (χ3n) is 4.17. The van der Waals surface area contributed by atoms with E-state index in [4.69, 9.17) is 40.5 Å². The van der Waals surface area contributed by atoms with E-state index in [1.807, 2.05) is 12.1 Å². The summed E-state index contributed by atoms with van der Waals surface area (Å²) in [5.74, 6) is -0.0868. The van der Waals surface area contributed by atoms with Crippen molar-refractivity contribution in [2.45, 2.75) is 12.3 Å². The molecule has 1 unspecified atom stereocenters. The van der Waals surface area contributed by atoms with Crippen molar-refractivity contribution < 1.29 is 4.79 Å². The van der Waals surface area contributed by atoms with Gasteiger partial charge in [0, 0.05) is 30.0 Å². The van der Waals surface area contributed by atoms with Crippen LogP contribution in [0.4, 0.5) is 0 Å². The fourth-order valence-corrected chi connectivity index (χ4v) is 4.40. The van der Waals surface area contributed by atoms with Crippen molar-refractivity contribution in [3.8, 4) is 11.3 Å². The van der Waals surface area contributed by atoms with Crippen molar-refractivity contribution in [1.29, 1.82) is 0 Å². The maximum absolute atomic E-state index is 12.8. The van der Waals surface area contributed by atoms with Crippen LogP contribution in [-0.2, 0) is 7.05 Å². The molecule has 1 atom stereocenters. The molecule has 3 aromatic rings. The van der Waals surface area contributed by atoms with E-state index in [0.717, 1.165) is 5.56 Å². The smallest absolute Gasteiger partial charge is 0.173 e. The average molecular weight is 429 g/mol. The summed E-state index contributed by atoms with van der Waals surface area (Å²) in [4.78, 5) is 13.4. The molecule has 2 aromatic heterocycles. The predicted octanol–water partition coefficient (Wildman–Crippen LogP) is 5.42. The Bertz CT molecular complexity index is 914. The third-order valence-corrected chi connectivity index (χ3v) is 6.10. The number of hydrogen-bond donors (Lipinski definition) is 1. The number of Topliss-reactive ketones (excluding diaryl/α,β-unsaturated/α-hetero) is 1. The van der Waals surface area contributed by atoms with Crippen LogP contribution in [0.15, 0.2) is 36.5 Å². The summed E-state index contributed by atoms with van der Waals surface area (Å²) in [5.41, 5.74) is 8.28. The lowest BCUT2D eigenvalue weighted by Crippen LogP contribution is -2.16. The molecule has 0 aliphatic rings. The van der Waals surface area contributed by atoms with E-state index < -0.39 is 0 Å². The van der Waals surface area contributed by atoms with Crippen LogP contribution in [0, 0.1) is 0 Å². The molecule has 0 radical (unpaired) electrons. The molecule has 0 saturated carbocycles. The summed E-state index contributed by atoms with van der Waals surface area (Å²) in [6.45, 7) is 0.368. The van der Waals surface area contributed by atoms with E-state index in [1.165, 1.54) is 11.3 Å². The highest BCUT2D eigenvalue weighted by molar-refractivity contribution is 7.18. The number of ketones is 1. The first kappa shape index (κ1) is 19.4. The standard InChI is InChI=1S/C18H16Cl3N3OS/c1-24-17(14(20)9-23-24)13-7-16(26-18(13)21)15(25)6-11(8-22)10-2-4-12(19)5-3-10/h2-5,7,9,11H,6,8,22H2,1H3. The van der Waals surface area contributed by atoms with Crippen LogP contribution in [-0.4, -0.2) is 22.1 Å². The van der Waals surface area contributed by atoms with Gasteiger partial charge < -0.3 is 5.73 Å². The van der Waals surface area contributed by atoms with Crippen LogP contribution in [0.3, 0.4) is 0 Å². The number of aryl methyl sites for hydroxylation is 1. The van der Waals surface area contributed by atoms with E-state index >= 15 is 0 Å². The fraction of sp³-hybridized carbons (Fsp3) is 0.222. The summed E-state index contributed by atoms with van der Waals surface area (Å²) < 4.78 is 2.15. The second kappa shape index (κ2) is 8.11. The molecule has 0 amide bonds. The second-order valence-corrected chi connectivity index (χ2v) is 8.37. The van der Waals surface area contributed by atoms with Crippen molar-refractivity contribution in [2.24, 2.45) is 12.8 Å². The number of nitrogens with zero attached hydrogens (tertiary/aromatic N) is 2. The quantitative estimate of drug-likeness (QED) is 0.533.